The molecular formula is C31H32N2O6S. The lowest BCUT2D eigenvalue weighted by Gasteiger charge is -2.23. The Morgan fingerprint density at radius 2 is 1.82 bits per heavy atom. The molecule has 1 N–H and O–H groups in total. The number of amides is 1. The van der Waals surface area contributed by atoms with Crippen molar-refractivity contribution in [3.8, 4) is 5.75 Å². The molecule has 1 amide bonds. The van der Waals surface area contributed by atoms with Crippen LogP contribution >= 0.6 is 11.3 Å². The quantitative estimate of drug-likeness (QED) is 0.0747. The van der Waals surface area contributed by atoms with Gasteiger partial charge >= 0.3 is 11.9 Å². The summed E-state index contributed by atoms with van der Waals surface area (Å²) in [4.78, 5) is 45.4. The fraction of sp³-hybridized carbons (Fsp3) is 0.290. The van der Waals surface area contributed by atoms with Crippen LogP contribution in [0.25, 0.3) is 5.76 Å². The number of ketones is 1. The number of ether oxygens (including phenoxy) is 2. The number of aliphatic hydroxyl groups excluding tert-OH is 1. The minimum Gasteiger partial charge on any atom is -0.507 e. The number of benzene rings is 2. The molecule has 3 aromatic rings. The van der Waals surface area contributed by atoms with Crippen LogP contribution in [0, 0.1) is 6.92 Å². The van der Waals surface area contributed by atoms with E-state index in [1.807, 2.05) is 31.2 Å². The molecule has 0 radical (unpaired) electrons. The molecule has 1 atom stereocenters. The van der Waals surface area contributed by atoms with Crippen LogP contribution in [0.1, 0.15) is 64.8 Å². The Kier molecular flexibility index (Phi) is 9.16. The monoisotopic (exact) mass is 560 g/mol. The molecule has 1 aliphatic heterocycles. The highest BCUT2D eigenvalue weighted by atomic mass is 32.1. The van der Waals surface area contributed by atoms with Gasteiger partial charge in [-0.05, 0) is 55.2 Å². The van der Waals surface area contributed by atoms with Crippen LogP contribution in [0.5, 0.6) is 5.75 Å². The molecule has 1 saturated heterocycles. The van der Waals surface area contributed by atoms with Crippen molar-refractivity contribution in [1.82, 2.24) is 4.98 Å². The van der Waals surface area contributed by atoms with Crippen molar-refractivity contribution in [3.63, 3.8) is 0 Å². The smallest absolute Gasteiger partial charge is 0.350 e. The molecule has 0 aliphatic carbocycles. The van der Waals surface area contributed by atoms with Crippen molar-refractivity contribution >= 4 is 39.9 Å². The van der Waals surface area contributed by atoms with Crippen molar-refractivity contribution in [1.29, 1.82) is 0 Å². The summed E-state index contributed by atoms with van der Waals surface area (Å²) >= 11 is 0.960. The second-order valence-corrected chi connectivity index (χ2v) is 10.3. The molecule has 0 spiro atoms. The van der Waals surface area contributed by atoms with Crippen molar-refractivity contribution < 1.29 is 29.0 Å². The molecule has 40 heavy (non-hydrogen) atoms. The Morgan fingerprint density at radius 3 is 2.45 bits per heavy atom. The van der Waals surface area contributed by atoms with Crippen LogP contribution in [-0.2, 0) is 20.7 Å². The maximum atomic E-state index is 13.5. The van der Waals surface area contributed by atoms with Crippen molar-refractivity contribution in [2.24, 2.45) is 0 Å². The highest BCUT2D eigenvalue weighted by molar-refractivity contribution is 7.17. The number of hydrogen-bond acceptors (Lipinski definition) is 8. The summed E-state index contributed by atoms with van der Waals surface area (Å²) in [6.07, 6.45) is 4.20. The first-order valence-electron chi connectivity index (χ1n) is 13.2. The van der Waals surface area contributed by atoms with Gasteiger partial charge in [0, 0.05) is 5.56 Å². The number of carbonyl (C=O) groups excluding carboxylic acids is 3. The molecule has 0 saturated carbocycles. The SMILES string of the molecule is C=CCOC(=O)c1sc(N2C(=O)C(=O)/C(=C(\O)c3ccc(OCCCC)cc3)C2c2ccc(CC)cc2)nc1C. The normalized spacial score (nSPS) is 16.3. The first-order chi connectivity index (χ1) is 19.3. The maximum Gasteiger partial charge on any atom is 0.350 e. The molecule has 1 aromatic heterocycles. The fourth-order valence-electron chi connectivity index (χ4n) is 4.35. The Morgan fingerprint density at radius 1 is 1.12 bits per heavy atom. The van der Waals surface area contributed by atoms with Gasteiger partial charge in [0.1, 0.15) is 23.0 Å². The number of esters is 1. The zero-order valence-corrected chi connectivity index (χ0v) is 23.6. The molecule has 2 aromatic carbocycles. The van der Waals surface area contributed by atoms with E-state index in [0.29, 0.717) is 29.2 Å². The Labute approximate surface area is 237 Å². The summed E-state index contributed by atoms with van der Waals surface area (Å²) in [7, 11) is 0. The van der Waals surface area contributed by atoms with Crippen LogP contribution in [0.3, 0.4) is 0 Å². The summed E-state index contributed by atoms with van der Waals surface area (Å²) in [5.41, 5.74) is 2.39. The number of aryl methyl sites for hydroxylation is 2. The van der Waals surface area contributed by atoms with Gasteiger partial charge < -0.3 is 14.6 Å². The fourth-order valence-corrected chi connectivity index (χ4v) is 5.34. The largest absolute Gasteiger partial charge is 0.507 e. The molecule has 0 bridgehead atoms. The predicted octanol–water partition coefficient (Wildman–Crippen LogP) is 6.16. The number of aromatic nitrogens is 1. The number of aliphatic hydroxyl groups is 1. The first kappa shape index (κ1) is 28.8. The molecule has 208 valence electrons. The number of thiazole rings is 1. The lowest BCUT2D eigenvalue weighted by atomic mass is 9.94. The van der Waals surface area contributed by atoms with Crippen LogP contribution < -0.4 is 9.64 Å². The van der Waals surface area contributed by atoms with Crippen LogP contribution in [0.4, 0.5) is 5.13 Å². The van der Waals surface area contributed by atoms with Gasteiger partial charge in [-0.2, -0.15) is 0 Å². The van der Waals surface area contributed by atoms with E-state index in [1.165, 1.54) is 11.0 Å². The summed E-state index contributed by atoms with van der Waals surface area (Å²) in [6, 6.07) is 13.3. The third-order valence-corrected chi connectivity index (χ3v) is 7.69. The van der Waals surface area contributed by atoms with E-state index < -0.39 is 23.7 Å². The van der Waals surface area contributed by atoms with Gasteiger partial charge in [-0.25, -0.2) is 9.78 Å². The minimum atomic E-state index is -0.950. The van der Waals surface area contributed by atoms with Crippen molar-refractivity contribution in [2.45, 2.75) is 46.1 Å². The minimum absolute atomic E-state index is 0.0300. The van der Waals surface area contributed by atoms with E-state index in [2.05, 4.69) is 18.5 Å². The summed E-state index contributed by atoms with van der Waals surface area (Å²) < 4.78 is 10.9. The first-order valence-corrected chi connectivity index (χ1v) is 14.0. The third-order valence-electron chi connectivity index (χ3n) is 6.55. The van der Waals surface area contributed by atoms with Gasteiger partial charge in [-0.1, -0.05) is 68.5 Å². The van der Waals surface area contributed by atoms with Crippen molar-refractivity contribution in [3.05, 3.63) is 94.0 Å². The van der Waals surface area contributed by atoms with Gasteiger partial charge in [-0.3, -0.25) is 14.5 Å². The van der Waals surface area contributed by atoms with E-state index in [0.717, 1.165) is 36.2 Å². The number of unbranched alkanes of at least 4 members (excludes halogenated alkanes) is 1. The molecule has 4 rings (SSSR count). The molecule has 2 heterocycles. The zero-order valence-electron chi connectivity index (χ0n) is 22.8. The van der Waals surface area contributed by atoms with Gasteiger partial charge in [0.15, 0.2) is 5.13 Å². The van der Waals surface area contributed by atoms with Gasteiger partial charge in [0.2, 0.25) is 0 Å². The maximum absolute atomic E-state index is 13.5. The highest BCUT2D eigenvalue weighted by Gasteiger charge is 2.48. The summed E-state index contributed by atoms with van der Waals surface area (Å²) in [5.74, 6) is -1.93. The van der Waals surface area contributed by atoms with E-state index in [4.69, 9.17) is 9.47 Å². The van der Waals surface area contributed by atoms with Crippen LogP contribution in [0.2, 0.25) is 0 Å². The van der Waals surface area contributed by atoms with Gasteiger partial charge in [0.25, 0.3) is 5.78 Å². The number of hydrogen-bond donors (Lipinski definition) is 1. The Hall–Kier alpha value is -4.24. The number of carbonyl (C=O) groups is 3. The number of nitrogens with zero attached hydrogens (tertiary/aromatic N) is 2. The van der Waals surface area contributed by atoms with E-state index >= 15 is 0 Å². The highest BCUT2D eigenvalue weighted by Crippen LogP contribution is 2.44. The Bertz CT molecular complexity index is 1440. The van der Waals surface area contributed by atoms with Gasteiger partial charge in [0.05, 0.1) is 23.9 Å². The number of anilines is 1. The topological polar surface area (TPSA) is 106 Å². The molecule has 8 nitrogen and oxygen atoms in total. The van der Waals surface area contributed by atoms with Crippen LogP contribution in [-0.4, -0.2) is 41.0 Å². The standard InChI is InChI=1S/C31H32N2O6S/c1-5-8-18-38-23-15-13-22(14-16-23)26(34)24-25(21-11-9-20(7-3)10-12-21)33(29(36)27(24)35)31-32-19(4)28(40-31)30(37)39-17-6-2/h6,9-16,25,34H,2,5,7-8,17-18H2,1,3-4H3/b26-24-. The second kappa shape index (κ2) is 12.7. The van der Waals surface area contributed by atoms with Crippen molar-refractivity contribution in [2.75, 3.05) is 18.1 Å². The molecular weight excluding hydrogens is 528 g/mol. The molecule has 9 heteroatoms. The van der Waals surface area contributed by atoms with E-state index in [-0.39, 0.29) is 27.9 Å². The van der Waals surface area contributed by atoms with E-state index in [9.17, 15) is 19.5 Å². The number of Topliss-reactive ketones (excluding diaryl/α,β-unsaturated/α-hetero) is 1. The zero-order chi connectivity index (χ0) is 28.8. The van der Waals surface area contributed by atoms with E-state index in [1.54, 1.807) is 31.2 Å². The lowest BCUT2D eigenvalue weighted by molar-refractivity contribution is -0.132. The average molecular weight is 561 g/mol. The van der Waals surface area contributed by atoms with Crippen LogP contribution in [0.15, 0.2) is 66.8 Å². The Balaban J connectivity index is 1.80. The summed E-state index contributed by atoms with van der Waals surface area (Å²) in [6.45, 7) is 9.90. The molecule has 1 fully saturated rings. The average Bonchev–Trinajstić information content (AvgIpc) is 3.48. The molecule has 1 unspecified atom stereocenters. The lowest BCUT2D eigenvalue weighted by Crippen LogP contribution is -2.29. The third kappa shape index (κ3) is 5.84. The predicted molar refractivity (Wildman–Crippen MR) is 155 cm³/mol. The summed E-state index contributed by atoms with van der Waals surface area (Å²) in [5, 5.41) is 11.6. The number of rotatable bonds is 11. The second-order valence-electron chi connectivity index (χ2n) is 9.29. The molecule has 1 aliphatic rings. The van der Waals surface area contributed by atoms with Gasteiger partial charge in [-0.15, -0.1) is 0 Å².